The third-order valence-corrected chi connectivity index (χ3v) is 6.20. The number of hydrogen-bond donors (Lipinski definition) is 3. The molecule has 6 nitrogen and oxygen atoms in total. The lowest BCUT2D eigenvalue weighted by Crippen LogP contribution is -1.99. The molecule has 0 fully saturated rings. The van der Waals surface area contributed by atoms with Crippen molar-refractivity contribution in [2.24, 2.45) is 5.73 Å². The summed E-state index contributed by atoms with van der Waals surface area (Å²) in [6.45, 7) is 0. The number of nitrogens with zero attached hydrogens (tertiary/aromatic N) is 3. The van der Waals surface area contributed by atoms with Gasteiger partial charge in [-0.1, -0.05) is 26.8 Å². The predicted octanol–water partition coefficient (Wildman–Crippen LogP) is 3.47. The Kier molecular flexibility index (Phi) is 3.27. The van der Waals surface area contributed by atoms with Gasteiger partial charge in [-0.15, -0.1) is 0 Å². The molecule has 3 aromatic heterocycles. The molecule has 1 aromatic carbocycles. The van der Waals surface area contributed by atoms with Gasteiger partial charge in [0, 0.05) is 17.3 Å². The van der Waals surface area contributed by atoms with Gasteiger partial charge in [0.2, 0.25) is 0 Å². The van der Waals surface area contributed by atoms with Gasteiger partial charge in [0.1, 0.15) is 5.69 Å². The molecule has 25 heavy (non-hydrogen) atoms. The van der Waals surface area contributed by atoms with E-state index >= 15 is 0 Å². The number of aromatic amines is 2. The third kappa shape index (κ3) is 2.47. The van der Waals surface area contributed by atoms with Gasteiger partial charge in [-0.3, -0.25) is 10.1 Å². The van der Waals surface area contributed by atoms with Crippen LogP contribution in [0.15, 0.2) is 52.5 Å². The van der Waals surface area contributed by atoms with E-state index in [1.807, 2.05) is 18.2 Å². The highest BCUT2D eigenvalue weighted by molar-refractivity contribution is 14.2. The van der Waals surface area contributed by atoms with E-state index in [0.717, 1.165) is 44.7 Å². The fraction of sp³-hybridized carbons (Fsp3) is 0. The summed E-state index contributed by atoms with van der Waals surface area (Å²) in [7, 11) is 0. The number of nitrogens with two attached hydrogens (primary N) is 1. The molecule has 4 heterocycles. The quantitative estimate of drug-likeness (QED) is 0.416. The first-order valence-electron chi connectivity index (χ1n) is 7.69. The molecule has 0 atom stereocenters. The number of halogens is 1. The first-order chi connectivity index (χ1) is 12.3. The first kappa shape index (κ1) is 14.5. The molecule has 5 rings (SSSR count). The molecule has 0 spiro atoms. The van der Waals surface area contributed by atoms with Crippen molar-refractivity contribution < 1.29 is 0 Å². The van der Waals surface area contributed by atoms with Crippen molar-refractivity contribution in [3.05, 3.63) is 58.1 Å². The minimum atomic E-state index is -0.120. The summed E-state index contributed by atoms with van der Waals surface area (Å²) >= 11 is -0.120. The summed E-state index contributed by atoms with van der Waals surface area (Å²) in [5.41, 5.74) is 12.7. The number of pyridine rings is 1. The van der Waals surface area contributed by atoms with E-state index in [1.165, 1.54) is 5.57 Å². The second kappa shape index (κ2) is 5.62. The molecule has 1 aliphatic heterocycles. The van der Waals surface area contributed by atoms with Crippen molar-refractivity contribution in [2.45, 2.75) is 0 Å². The molecule has 0 aliphatic carbocycles. The zero-order valence-corrected chi connectivity index (χ0v) is 15.2. The van der Waals surface area contributed by atoms with Gasteiger partial charge in [-0.25, -0.2) is 4.98 Å². The molecule has 4 N–H and O–H groups in total. The van der Waals surface area contributed by atoms with Crippen LogP contribution in [-0.4, -0.2) is 29.2 Å². The largest absolute Gasteiger partial charge is 0.398 e. The van der Waals surface area contributed by atoms with E-state index in [4.69, 9.17) is 5.73 Å². The summed E-state index contributed by atoms with van der Waals surface area (Å²) in [5.74, 6) is 0.736. The molecule has 0 amide bonds. The Hall–Kier alpha value is -2.81. The van der Waals surface area contributed by atoms with Crippen molar-refractivity contribution >= 4 is 52.3 Å². The monoisotopic (exact) mass is 440 g/mol. The van der Waals surface area contributed by atoms with Crippen LogP contribution in [0.4, 0.5) is 0 Å². The lowest BCUT2D eigenvalue weighted by molar-refractivity contribution is 1.11. The number of allylic oxidation sites excluding steroid dienone is 3. The van der Waals surface area contributed by atoms with Gasteiger partial charge in [-0.2, -0.15) is 5.10 Å². The van der Waals surface area contributed by atoms with Crippen LogP contribution >= 0.6 is 20.7 Å². The molecular weight excluding hydrogens is 427 g/mol. The first-order valence-corrected chi connectivity index (χ1v) is 10.2. The van der Waals surface area contributed by atoms with Crippen molar-refractivity contribution in [1.82, 2.24) is 25.1 Å². The third-order valence-electron chi connectivity index (χ3n) is 4.10. The number of imidazole rings is 1. The minimum Gasteiger partial charge on any atom is -0.398 e. The molecule has 122 valence electrons. The maximum Gasteiger partial charge on any atom is 0.159 e. The maximum absolute atomic E-state index is 5.97. The number of rotatable bonds is 2. The van der Waals surface area contributed by atoms with Gasteiger partial charge >= 0.3 is 0 Å². The highest BCUT2D eigenvalue weighted by Crippen LogP contribution is 2.30. The van der Waals surface area contributed by atoms with Crippen LogP contribution in [0.1, 0.15) is 5.56 Å². The summed E-state index contributed by atoms with van der Waals surface area (Å²) in [6, 6.07) is 8.17. The average Bonchev–Trinajstić information content (AvgIpc) is 3.24. The van der Waals surface area contributed by atoms with Crippen LogP contribution in [0.5, 0.6) is 0 Å². The van der Waals surface area contributed by atoms with Gasteiger partial charge in [0.25, 0.3) is 0 Å². The molecular formula is C18H13IN6. The van der Waals surface area contributed by atoms with Crippen molar-refractivity contribution in [1.29, 1.82) is 0 Å². The van der Waals surface area contributed by atoms with E-state index in [2.05, 4.69) is 45.4 Å². The molecule has 0 radical (unpaired) electrons. The van der Waals surface area contributed by atoms with E-state index in [9.17, 15) is 0 Å². The number of benzene rings is 1. The van der Waals surface area contributed by atoms with E-state index < -0.39 is 0 Å². The van der Waals surface area contributed by atoms with Crippen molar-refractivity contribution in [2.75, 3.05) is 0 Å². The van der Waals surface area contributed by atoms with Crippen LogP contribution in [0.2, 0.25) is 0 Å². The SMILES string of the molecule is NC1=CC(c2ccc3[nH]nc(-c4nc5ccncc5[nH]4)c3c2)=CI=C1. The minimum absolute atomic E-state index is 0.120. The van der Waals surface area contributed by atoms with Gasteiger partial charge in [0.05, 0.1) is 22.7 Å². The number of fused-ring (bicyclic) bond motifs is 2. The zero-order valence-electron chi connectivity index (χ0n) is 13.0. The van der Waals surface area contributed by atoms with Crippen LogP contribution in [-0.2, 0) is 0 Å². The van der Waals surface area contributed by atoms with Crippen molar-refractivity contribution in [3.63, 3.8) is 0 Å². The predicted molar refractivity (Wildman–Crippen MR) is 109 cm³/mol. The fourth-order valence-electron chi connectivity index (χ4n) is 2.90. The topological polar surface area (TPSA) is 96.3 Å². The Bertz CT molecular complexity index is 1180. The van der Waals surface area contributed by atoms with Gasteiger partial charge in [-0.05, 0) is 43.5 Å². The van der Waals surface area contributed by atoms with Gasteiger partial charge in [0.15, 0.2) is 5.82 Å². The Balaban J connectivity index is 1.68. The standard InChI is InChI=1S/C18H13IN6/c20-12-5-11(7-19-8-12)10-1-2-14-13(6-10)17(25-24-14)18-22-15-3-4-21-9-16(15)23-18/h1-9H,20H2,(H,22,23)(H,24,25). The Labute approximate surface area is 152 Å². The van der Waals surface area contributed by atoms with E-state index in [0.29, 0.717) is 0 Å². The van der Waals surface area contributed by atoms with Crippen LogP contribution in [0, 0.1) is 0 Å². The highest BCUT2D eigenvalue weighted by Gasteiger charge is 2.14. The highest BCUT2D eigenvalue weighted by atomic mass is 127. The lowest BCUT2D eigenvalue weighted by Gasteiger charge is -2.06. The zero-order chi connectivity index (χ0) is 16.8. The molecule has 7 heteroatoms. The molecule has 0 unspecified atom stereocenters. The van der Waals surface area contributed by atoms with Crippen LogP contribution < -0.4 is 5.73 Å². The second-order valence-corrected chi connectivity index (χ2v) is 7.72. The Morgan fingerprint density at radius 1 is 1.12 bits per heavy atom. The van der Waals surface area contributed by atoms with Crippen molar-refractivity contribution in [3.8, 4) is 11.5 Å². The Morgan fingerprint density at radius 2 is 2.08 bits per heavy atom. The van der Waals surface area contributed by atoms with Crippen LogP contribution in [0.25, 0.3) is 39.0 Å². The Morgan fingerprint density at radius 3 is 2.96 bits per heavy atom. The van der Waals surface area contributed by atoms with Gasteiger partial charge < -0.3 is 10.7 Å². The molecule has 1 aliphatic rings. The van der Waals surface area contributed by atoms with E-state index in [1.54, 1.807) is 12.4 Å². The van der Waals surface area contributed by atoms with E-state index in [-0.39, 0.29) is 20.7 Å². The fourth-order valence-corrected chi connectivity index (χ4v) is 4.61. The number of H-pyrrole nitrogens is 2. The number of nitrogens with one attached hydrogen (secondary N) is 2. The maximum atomic E-state index is 5.97. The summed E-state index contributed by atoms with van der Waals surface area (Å²) in [5, 5.41) is 8.58. The molecule has 4 aromatic rings. The second-order valence-electron chi connectivity index (χ2n) is 5.75. The number of hydrogen-bond acceptors (Lipinski definition) is 4. The molecule has 0 bridgehead atoms. The normalized spacial score (nSPS) is 14.4. The smallest absolute Gasteiger partial charge is 0.159 e. The summed E-state index contributed by atoms with van der Waals surface area (Å²) < 4.78 is 4.40. The molecule has 0 saturated carbocycles. The van der Waals surface area contributed by atoms with Crippen LogP contribution in [0.3, 0.4) is 0 Å². The number of aromatic nitrogens is 5. The molecule has 0 saturated heterocycles. The lowest BCUT2D eigenvalue weighted by atomic mass is 10.0. The summed E-state index contributed by atoms with van der Waals surface area (Å²) in [6.07, 6.45) is 5.53. The average molecular weight is 440 g/mol. The summed E-state index contributed by atoms with van der Waals surface area (Å²) in [4.78, 5) is 12.1.